The lowest BCUT2D eigenvalue weighted by atomic mass is 9.92. The Labute approximate surface area is 118 Å². The molecule has 1 heterocycles. The minimum atomic E-state index is 0.234. The van der Waals surface area contributed by atoms with Crippen LogP contribution in [-0.4, -0.2) is 25.0 Å². The summed E-state index contributed by atoms with van der Waals surface area (Å²) >= 11 is 0. The predicted octanol–water partition coefficient (Wildman–Crippen LogP) is 3.10. The molecule has 0 spiro atoms. The molecule has 112 valence electrons. The number of carbonyl (C=O) groups is 1. The second kappa shape index (κ2) is 9.35. The van der Waals surface area contributed by atoms with Gasteiger partial charge in [-0.15, -0.1) is 0 Å². The zero-order valence-electron chi connectivity index (χ0n) is 13.0. The Hall–Kier alpha value is -0.570. The Balaban J connectivity index is 1.98. The molecule has 1 saturated heterocycles. The molecule has 1 aliphatic rings. The molecule has 1 aliphatic heterocycles. The fraction of sp³-hybridized carbons (Fsp3) is 0.938. The number of rotatable bonds is 8. The van der Waals surface area contributed by atoms with Gasteiger partial charge in [0.25, 0.3) is 0 Å². The molecule has 1 amide bonds. The van der Waals surface area contributed by atoms with Gasteiger partial charge in [0.1, 0.15) is 0 Å². The van der Waals surface area contributed by atoms with E-state index in [0.29, 0.717) is 6.04 Å². The van der Waals surface area contributed by atoms with Gasteiger partial charge >= 0.3 is 0 Å². The van der Waals surface area contributed by atoms with Crippen molar-refractivity contribution >= 4 is 5.91 Å². The maximum absolute atomic E-state index is 12.0. The lowest BCUT2D eigenvalue weighted by Gasteiger charge is -2.27. The Bertz CT molecular complexity index is 253. The summed E-state index contributed by atoms with van der Waals surface area (Å²) in [6.07, 6.45) is 8.32. The number of amides is 1. The first-order chi connectivity index (χ1) is 9.09. The molecule has 3 heteroatoms. The minimum absolute atomic E-state index is 0.234. The van der Waals surface area contributed by atoms with E-state index in [0.717, 1.165) is 38.3 Å². The standard InChI is InChI=1S/C16H32N2O/c1-13(2)8-6-4-5-7-10-18-16(19)15-9-11-17-14(3)12-15/h13-15,17H,4-12H2,1-3H3,(H,18,19). The molecular weight excluding hydrogens is 236 g/mol. The van der Waals surface area contributed by atoms with Gasteiger partial charge in [0, 0.05) is 18.5 Å². The summed E-state index contributed by atoms with van der Waals surface area (Å²) in [7, 11) is 0. The van der Waals surface area contributed by atoms with Gasteiger partial charge in [0.2, 0.25) is 5.91 Å². The maximum atomic E-state index is 12.0. The van der Waals surface area contributed by atoms with Crippen molar-refractivity contribution in [1.29, 1.82) is 0 Å². The maximum Gasteiger partial charge on any atom is 0.223 e. The Morgan fingerprint density at radius 2 is 2.00 bits per heavy atom. The van der Waals surface area contributed by atoms with Crippen LogP contribution >= 0.6 is 0 Å². The number of carbonyl (C=O) groups excluding carboxylic acids is 1. The summed E-state index contributed by atoms with van der Waals surface area (Å²) in [5, 5.41) is 6.49. The molecule has 1 fully saturated rings. The molecule has 1 rings (SSSR count). The van der Waals surface area contributed by atoms with Crippen molar-refractivity contribution < 1.29 is 4.79 Å². The third-order valence-electron chi connectivity index (χ3n) is 4.00. The average Bonchev–Trinajstić information content (AvgIpc) is 2.37. The van der Waals surface area contributed by atoms with Crippen molar-refractivity contribution in [2.45, 2.75) is 71.8 Å². The number of hydrogen-bond acceptors (Lipinski definition) is 2. The van der Waals surface area contributed by atoms with Crippen molar-refractivity contribution in [2.24, 2.45) is 11.8 Å². The van der Waals surface area contributed by atoms with Crippen LogP contribution in [0.5, 0.6) is 0 Å². The third kappa shape index (κ3) is 7.56. The second-order valence-electron chi connectivity index (χ2n) is 6.46. The Kier molecular flexibility index (Phi) is 8.11. The van der Waals surface area contributed by atoms with Crippen LogP contribution in [0.3, 0.4) is 0 Å². The first kappa shape index (κ1) is 16.5. The third-order valence-corrected chi connectivity index (χ3v) is 4.00. The molecule has 3 nitrogen and oxygen atoms in total. The highest BCUT2D eigenvalue weighted by Gasteiger charge is 2.23. The molecule has 0 aromatic heterocycles. The van der Waals surface area contributed by atoms with E-state index in [-0.39, 0.29) is 11.8 Å². The van der Waals surface area contributed by atoms with Crippen molar-refractivity contribution in [3.63, 3.8) is 0 Å². The van der Waals surface area contributed by atoms with Gasteiger partial charge in [-0.25, -0.2) is 0 Å². The van der Waals surface area contributed by atoms with Crippen LogP contribution in [0, 0.1) is 11.8 Å². The first-order valence-electron chi connectivity index (χ1n) is 8.10. The van der Waals surface area contributed by atoms with Crippen molar-refractivity contribution in [3.8, 4) is 0 Å². The molecule has 0 aromatic carbocycles. The molecule has 0 bridgehead atoms. The lowest BCUT2D eigenvalue weighted by molar-refractivity contribution is -0.126. The van der Waals surface area contributed by atoms with E-state index in [9.17, 15) is 4.79 Å². The van der Waals surface area contributed by atoms with E-state index in [1.807, 2.05) is 0 Å². The average molecular weight is 268 g/mol. The van der Waals surface area contributed by atoms with Crippen LogP contribution in [0.2, 0.25) is 0 Å². The molecule has 0 saturated carbocycles. The topological polar surface area (TPSA) is 41.1 Å². The van der Waals surface area contributed by atoms with Crippen LogP contribution in [0.4, 0.5) is 0 Å². The minimum Gasteiger partial charge on any atom is -0.356 e. The highest BCUT2D eigenvalue weighted by atomic mass is 16.1. The summed E-state index contributed by atoms with van der Waals surface area (Å²) in [5.74, 6) is 1.33. The zero-order chi connectivity index (χ0) is 14.1. The second-order valence-corrected chi connectivity index (χ2v) is 6.46. The predicted molar refractivity (Wildman–Crippen MR) is 81.1 cm³/mol. The zero-order valence-corrected chi connectivity index (χ0v) is 13.0. The monoisotopic (exact) mass is 268 g/mol. The fourth-order valence-corrected chi connectivity index (χ4v) is 2.76. The van der Waals surface area contributed by atoms with Crippen LogP contribution in [0.25, 0.3) is 0 Å². The molecule has 0 aromatic rings. The molecule has 2 N–H and O–H groups in total. The highest BCUT2D eigenvalue weighted by molar-refractivity contribution is 5.78. The fourth-order valence-electron chi connectivity index (χ4n) is 2.76. The van der Waals surface area contributed by atoms with Crippen LogP contribution < -0.4 is 10.6 Å². The molecular formula is C16H32N2O. The number of nitrogens with one attached hydrogen (secondary N) is 2. The summed E-state index contributed by atoms with van der Waals surface area (Å²) in [6.45, 7) is 8.56. The van der Waals surface area contributed by atoms with Crippen LogP contribution in [-0.2, 0) is 4.79 Å². The van der Waals surface area contributed by atoms with Gasteiger partial charge in [0.15, 0.2) is 0 Å². The van der Waals surface area contributed by atoms with Gasteiger partial charge < -0.3 is 10.6 Å². The van der Waals surface area contributed by atoms with E-state index in [2.05, 4.69) is 31.4 Å². The van der Waals surface area contributed by atoms with Gasteiger partial charge in [0.05, 0.1) is 0 Å². The van der Waals surface area contributed by atoms with E-state index in [4.69, 9.17) is 0 Å². The van der Waals surface area contributed by atoms with E-state index < -0.39 is 0 Å². The summed E-state index contributed by atoms with van der Waals surface area (Å²) in [4.78, 5) is 12.0. The van der Waals surface area contributed by atoms with E-state index in [1.54, 1.807) is 0 Å². The highest BCUT2D eigenvalue weighted by Crippen LogP contribution is 2.16. The van der Waals surface area contributed by atoms with Crippen LogP contribution in [0.15, 0.2) is 0 Å². The first-order valence-corrected chi connectivity index (χ1v) is 8.10. The van der Waals surface area contributed by atoms with Crippen molar-refractivity contribution in [1.82, 2.24) is 10.6 Å². The van der Waals surface area contributed by atoms with Crippen molar-refractivity contribution in [3.05, 3.63) is 0 Å². The largest absolute Gasteiger partial charge is 0.356 e. The SMILES string of the molecule is CC(C)CCCCCCNC(=O)C1CCNC(C)C1. The molecule has 19 heavy (non-hydrogen) atoms. The Morgan fingerprint density at radius 1 is 1.26 bits per heavy atom. The molecule has 2 atom stereocenters. The molecule has 2 unspecified atom stereocenters. The van der Waals surface area contributed by atoms with Crippen molar-refractivity contribution in [2.75, 3.05) is 13.1 Å². The van der Waals surface area contributed by atoms with Gasteiger partial charge in [-0.05, 0) is 38.6 Å². The molecule has 0 aliphatic carbocycles. The summed E-state index contributed by atoms with van der Waals surface area (Å²) in [6, 6.07) is 0.487. The van der Waals surface area contributed by atoms with Gasteiger partial charge in [-0.3, -0.25) is 4.79 Å². The van der Waals surface area contributed by atoms with Gasteiger partial charge in [-0.1, -0.05) is 39.5 Å². The van der Waals surface area contributed by atoms with E-state index >= 15 is 0 Å². The Morgan fingerprint density at radius 3 is 2.68 bits per heavy atom. The number of unbranched alkanes of at least 4 members (excludes halogenated alkanes) is 3. The van der Waals surface area contributed by atoms with Crippen LogP contribution in [0.1, 0.15) is 65.7 Å². The molecule has 0 radical (unpaired) electrons. The lowest BCUT2D eigenvalue weighted by Crippen LogP contribution is -2.42. The normalized spacial score (nSPS) is 23.6. The van der Waals surface area contributed by atoms with Gasteiger partial charge in [-0.2, -0.15) is 0 Å². The number of hydrogen-bond donors (Lipinski definition) is 2. The smallest absolute Gasteiger partial charge is 0.223 e. The quantitative estimate of drug-likeness (QED) is 0.664. The number of piperidine rings is 1. The summed E-state index contributed by atoms with van der Waals surface area (Å²) < 4.78 is 0. The summed E-state index contributed by atoms with van der Waals surface area (Å²) in [5.41, 5.74) is 0. The van der Waals surface area contributed by atoms with E-state index in [1.165, 1.54) is 25.7 Å².